The Bertz CT molecular complexity index is 3900. The molecule has 0 N–H and O–H groups in total. The maximum absolute atomic E-state index is 14.2. The van der Waals surface area contributed by atoms with E-state index in [2.05, 4.69) is 269 Å². The first-order valence-electron chi connectivity index (χ1n) is 29.2. The third-order valence-electron chi connectivity index (χ3n) is 16.0. The highest BCUT2D eigenvalue weighted by molar-refractivity contribution is 9.11. The molecule has 1 aromatic heterocycles. The Morgan fingerprint density at radius 3 is 1.21 bits per heavy atom. The van der Waals surface area contributed by atoms with Gasteiger partial charge in [-0.3, -0.25) is 0 Å². The van der Waals surface area contributed by atoms with Crippen LogP contribution in [0.15, 0.2) is 102 Å². The molecular weight excluding hydrogens is 1240 g/mol. The molecule has 9 rings (SSSR count). The van der Waals surface area contributed by atoms with E-state index < -0.39 is 49.8 Å². The third-order valence-corrected chi connectivity index (χ3v) is 23.0. The van der Waals surface area contributed by atoms with Crippen LogP contribution >= 0.6 is 48.7 Å². The smallest absolute Gasteiger partial charge is 0.407 e. The molecule has 0 bridgehead atoms. The number of halogens is 2. The zero-order valence-corrected chi connectivity index (χ0v) is 61.1. The lowest BCUT2D eigenvalue weighted by molar-refractivity contribution is 0.0696. The van der Waals surface area contributed by atoms with Gasteiger partial charge in [0.1, 0.15) is 28.2 Å². The number of rotatable bonds is 9. The Morgan fingerprint density at radius 1 is 0.452 bits per heavy atom. The van der Waals surface area contributed by atoms with Gasteiger partial charge in [-0.25, -0.2) is 4.79 Å². The van der Waals surface area contributed by atoms with Gasteiger partial charge >= 0.3 is 22.8 Å². The molecule has 444 valence electrons. The standard InChI is InChI=1S/C71H86Br2O7P2Si2/c1-39-25-41(3)60(42(4)26-39)45-29-50(51-30-46(61-43(5)27-40(2)28-44(61)6)32-56(71(16,17)18)63(51)76-82-77-64-54(67(74)80-82)37-49(72)38-57(64)73)62(55(31-45)70(13,14)15)75-81-78-65-52(33-47(68(7,8)9)35-58(65)83(19,20)21)53-34-48(69(10,11)12)36-59(66(53)79-81)84(22,23)24/h25-38H,1-24H3. The summed E-state index contributed by atoms with van der Waals surface area (Å²) >= 11 is 7.25. The molecule has 2 heterocycles. The molecule has 1 unspecified atom stereocenters. The van der Waals surface area contributed by atoms with Crippen molar-refractivity contribution in [2.75, 3.05) is 0 Å². The second-order valence-corrected chi connectivity index (χ2v) is 43.5. The lowest BCUT2D eigenvalue weighted by Gasteiger charge is -2.31. The summed E-state index contributed by atoms with van der Waals surface area (Å²) < 4.78 is 44.8. The van der Waals surface area contributed by atoms with Gasteiger partial charge in [-0.05, 0) is 194 Å². The summed E-state index contributed by atoms with van der Waals surface area (Å²) in [5.41, 5.74) is 17.8. The van der Waals surface area contributed by atoms with Crippen LogP contribution in [0.3, 0.4) is 0 Å². The van der Waals surface area contributed by atoms with E-state index in [1.165, 1.54) is 32.6 Å². The minimum absolute atomic E-state index is 0.150. The third kappa shape index (κ3) is 12.8. The van der Waals surface area contributed by atoms with Crippen molar-refractivity contribution in [2.24, 2.45) is 0 Å². The van der Waals surface area contributed by atoms with Gasteiger partial charge < -0.3 is 26.5 Å². The SMILES string of the molecule is Cc1cc(C)c(-c2cc(-c3cc(-c4c(C)cc(C)cc4C)cc(C(C)(C)C)c3Op3oc4c([Si](C)(C)C)cc(C(C)(C)C)cc4c4cc(C(C)(C)C)cc([Si](C)(C)C)c4o3)c(OP3OC(=O)c4cc(Br)cc(Br)c4O3)c(C(C)(C)C)c2)c(C)c1. The lowest BCUT2D eigenvalue weighted by atomic mass is 9.78. The summed E-state index contributed by atoms with van der Waals surface area (Å²) in [6.07, 6.45) is 0. The Labute approximate surface area is 522 Å². The van der Waals surface area contributed by atoms with Gasteiger partial charge in [-0.2, -0.15) is 0 Å². The van der Waals surface area contributed by atoms with E-state index in [1.54, 1.807) is 6.07 Å². The number of carbonyl (C=O) groups is 1. The summed E-state index contributed by atoms with van der Waals surface area (Å²) in [7, 11) is -8.97. The van der Waals surface area contributed by atoms with Crippen molar-refractivity contribution in [2.45, 2.75) is 186 Å². The van der Waals surface area contributed by atoms with Crippen molar-refractivity contribution in [3.05, 3.63) is 155 Å². The van der Waals surface area contributed by atoms with E-state index >= 15 is 0 Å². The molecule has 7 aromatic carbocycles. The predicted molar refractivity (Wildman–Crippen MR) is 370 cm³/mol. The topological polar surface area (TPSA) is 80.3 Å². The molecule has 0 spiro atoms. The largest absolute Gasteiger partial charge is 0.532 e. The molecule has 1 aliphatic heterocycles. The highest BCUT2D eigenvalue weighted by Crippen LogP contribution is 2.58. The summed E-state index contributed by atoms with van der Waals surface area (Å²) in [4.78, 5) is 14.2. The van der Waals surface area contributed by atoms with Crippen LogP contribution in [-0.4, -0.2) is 22.1 Å². The fourth-order valence-corrected chi connectivity index (χ4v) is 18.5. The zero-order chi connectivity index (χ0) is 62.0. The zero-order valence-electron chi connectivity index (χ0n) is 54.1. The number of benzene rings is 7. The summed E-state index contributed by atoms with van der Waals surface area (Å²) in [6, 6.07) is 31.2. The molecule has 13 heteroatoms. The Balaban J connectivity index is 1.50. The molecule has 0 saturated heterocycles. The molecule has 0 aliphatic carbocycles. The first-order chi connectivity index (χ1) is 38.6. The van der Waals surface area contributed by atoms with Gasteiger partial charge in [0.15, 0.2) is 5.75 Å². The highest BCUT2D eigenvalue weighted by atomic mass is 79.9. The highest BCUT2D eigenvalue weighted by Gasteiger charge is 2.39. The second kappa shape index (κ2) is 22.4. The van der Waals surface area contributed by atoms with Gasteiger partial charge in [-0.15, -0.1) is 0 Å². The molecule has 8 aromatic rings. The van der Waals surface area contributed by atoms with Crippen molar-refractivity contribution in [3.8, 4) is 50.6 Å². The quantitative estimate of drug-likeness (QED) is 0.105. The predicted octanol–water partition coefficient (Wildman–Crippen LogP) is 22.6. The van der Waals surface area contributed by atoms with Crippen LogP contribution < -0.4 is 23.9 Å². The van der Waals surface area contributed by atoms with Crippen LogP contribution in [-0.2, 0) is 26.2 Å². The first-order valence-corrected chi connectivity index (χ1v) is 40.0. The first kappa shape index (κ1) is 63.6. The summed E-state index contributed by atoms with van der Waals surface area (Å²) in [5.74, 6) is 0.945. The van der Waals surface area contributed by atoms with E-state index in [9.17, 15) is 4.79 Å². The van der Waals surface area contributed by atoms with E-state index in [1.807, 2.05) is 6.07 Å². The minimum Gasteiger partial charge on any atom is -0.407 e. The van der Waals surface area contributed by atoms with Crippen molar-refractivity contribution >= 4 is 103 Å². The normalized spacial score (nSPS) is 14.4. The number of hydrogen-bond donors (Lipinski definition) is 0. The van der Waals surface area contributed by atoms with E-state index in [-0.39, 0.29) is 10.8 Å². The Hall–Kier alpha value is -4.87. The van der Waals surface area contributed by atoms with Gasteiger partial charge in [0.25, 0.3) is 0 Å². The Morgan fingerprint density at radius 2 is 0.845 bits per heavy atom. The van der Waals surface area contributed by atoms with Crippen molar-refractivity contribution in [3.63, 3.8) is 0 Å². The van der Waals surface area contributed by atoms with E-state index in [4.69, 9.17) is 26.5 Å². The maximum Gasteiger partial charge on any atom is 0.532 e. The molecule has 0 fully saturated rings. The maximum atomic E-state index is 14.2. The molecule has 0 amide bonds. The fourth-order valence-electron chi connectivity index (χ4n) is 11.8. The summed E-state index contributed by atoms with van der Waals surface area (Å²) in [5, 5.41) is 4.52. The monoisotopic (exact) mass is 1330 g/mol. The number of hydrogen-bond acceptors (Lipinski definition) is 7. The van der Waals surface area contributed by atoms with Crippen LogP contribution in [0.1, 0.15) is 149 Å². The van der Waals surface area contributed by atoms with Crippen LogP contribution in [0.2, 0.25) is 39.3 Å². The summed E-state index contributed by atoms with van der Waals surface area (Å²) in [6.45, 7) is 54.6. The van der Waals surface area contributed by atoms with Crippen molar-refractivity contribution in [1.82, 2.24) is 0 Å². The molecule has 84 heavy (non-hydrogen) atoms. The van der Waals surface area contributed by atoms with Crippen molar-refractivity contribution < 1.29 is 31.3 Å². The van der Waals surface area contributed by atoms with Crippen molar-refractivity contribution in [1.29, 1.82) is 0 Å². The lowest BCUT2D eigenvalue weighted by Crippen LogP contribution is -2.39. The number of aryl methyl sites for hydroxylation is 6. The van der Waals surface area contributed by atoms with E-state index in [0.29, 0.717) is 31.8 Å². The molecular formula is C71H86Br2O7P2Si2. The van der Waals surface area contributed by atoms with Crippen LogP contribution in [0.5, 0.6) is 17.2 Å². The van der Waals surface area contributed by atoms with Gasteiger partial charge in [-0.1, -0.05) is 186 Å². The van der Waals surface area contributed by atoms with E-state index in [0.717, 1.165) is 88.7 Å². The number of fused-ring (bicyclic) bond motifs is 4. The molecule has 0 saturated carbocycles. The fraction of sp³-hybridized carbons (Fsp3) is 0.394. The Kier molecular flexibility index (Phi) is 17.0. The average Bonchev–Trinajstić information content (AvgIpc) is 1.34. The molecule has 1 atom stereocenters. The van der Waals surface area contributed by atoms with Crippen LogP contribution in [0, 0.1) is 41.5 Å². The molecule has 1 aliphatic rings. The van der Waals surface area contributed by atoms with Gasteiger partial charge in [0.05, 0.1) is 20.6 Å². The van der Waals surface area contributed by atoms with Crippen LogP contribution in [0.4, 0.5) is 0 Å². The van der Waals surface area contributed by atoms with Crippen LogP contribution in [0.25, 0.3) is 55.3 Å². The molecule has 0 radical (unpaired) electrons. The average molecular weight is 1330 g/mol. The second-order valence-electron chi connectivity index (χ2n) is 29.7. The number of carbonyl (C=O) groups excluding carboxylic acids is 1. The molecule has 7 nitrogen and oxygen atoms in total. The van der Waals surface area contributed by atoms with Gasteiger partial charge in [0, 0.05) is 37.5 Å². The minimum atomic E-state index is -2.36. The van der Waals surface area contributed by atoms with Gasteiger partial charge in [0.2, 0.25) is 0 Å².